The molecule has 1 aromatic heterocycles. The van der Waals surface area contributed by atoms with Gasteiger partial charge in [-0.05, 0) is 80.9 Å². The quantitative estimate of drug-likeness (QED) is 0.174. The molecule has 0 radical (unpaired) electrons. The van der Waals surface area contributed by atoms with Gasteiger partial charge in [-0.2, -0.15) is 0 Å². The van der Waals surface area contributed by atoms with Crippen molar-refractivity contribution in [3.63, 3.8) is 0 Å². The van der Waals surface area contributed by atoms with Gasteiger partial charge >= 0.3 is 0 Å². The zero-order valence-electron chi connectivity index (χ0n) is 29.8. The van der Waals surface area contributed by atoms with Gasteiger partial charge < -0.3 is 9.32 Å². The largest absolute Gasteiger partial charge is 0.456 e. The van der Waals surface area contributed by atoms with Gasteiger partial charge in [-0.15, -0.1) is 0 Å². The van der Waals surface area contributed by atoms with Crippen LogP contribution >= 0.6 is 0 Å². The van der Waals surface area contributed by atoms with Crippen LogP contribution in [0.3, 0.4) is 0 Å². The molecule has 10 rings (SSSR count). The molecule has 8 aromatic carbocycles. The van der Waals surface area contributed by atoms with Crippen molar-refractivity contribution in [1.82, 2.24) is 0 Å². The molecule has 0 unspecified atom stereocenters. The van der Waals surface area contributed by atoms with E-state index in [1.165, 1.54) is 38.9 Å². The average molecular weight is 680 g/mol. The van der Waals surface area contributed by atoms with Crippen LogP contribution in [0, 0.1) is 0 Å². The summed E-state index contributed by atoms with van der Waals surface area (Å²) >= 11 is 0. The Morgan fingerprint density at radius 1 is 0.396 bits per heavy atom. The maximum Gasteiger partial charge on any atom is 0.136 e. The maximum atomic E-state index is 6.39. The van der Waals surface area contributed by atoms with E-state index in [1.807, 2.05) is 6.07 Å². The topological polar surface area (TPSA) is 16.4 Å². The van der Waals surface area contributed by atoms with Crippen molar-refractivity contribution in [3.8, 4) is 44.5 Å². The Morgan fingerprint density at radius 2 is 0.962 bits per heavy atom. The van der Waals surface area contributed by atoms with Gasteiger partial charge in [0.15, 0.2) is 0 Å². The predicted octanol–water partition coefficient (Wildman–Crippen LogP) is 14.4. The lowest BCUT2D eigenvalue weighted by Crippen LogP contribution is -2.16. The van der Waals surface area contributed by atoms with E-state index in [4.69, 9.17) is 4.42 Å². The van der Waals surface area contributed by atoms with Gasteiger partial charge in [0, 0.05) is 33.0 Å². The number of para-hydroxylation sites is 3. The Morgan fingerprint density at radius 3 is 1.77 bits per heavy atom. The third-order valence-corrected chi connectivity index (χ3v) is 11.1. The second-order valence-electron chi connectivity index (χ2n) is 14.5. The molecule has 0 bridgehead atoms. The molecule has 0 atom stereocenters. The molecule has 2 nitrogen and oxygen atoms in total. The highest BCUT2D eigenvalue weighted by molar-refractivity contribution is 6.14. The van der Waals surface area contributed by atoms with E-state index >= 15 is 0 Å². The van der Waals surface area contributed by atoms with Crippen LogP contribution < -0.4 is 4.90 Å². The fourth-order valence-corrected chi connectivity index (χ4v) is 8.54. The van der Waals surface area contributed by atoms with Crippen molar-refractivity contribution in [2.75, 3.05) is 4.90 Å². The van der Waals surface area contributed by atoms with E-state index in [1.54, 1.807) is 0 Å². The van der Waals surface area contributed by atoms with Crippen molar-refractivity contribution in [2.24, 2.45) is 0 Å². The van der Waals surface area contributed by atoms with E-state index in [0.29, 0.717) is 0 Å². The van der Waals surface area contributed by atoms with Crippen LogP contribution in [0.1, 0.15) is 25.0 Å². The molecule has 0 saturated carbocycles. The Kier molecular flexibility index (Phi) is 7.19. The zero-order valence-corrected chi connectivity index (χ0v) is 29.8. The minimum Gasteiger partial charge on any atom is -0.456 e. The maximum absolute atomic E-state index is 6.39. The van der Waals surface area contributed by atoms with Gasteiger partial charge in [0.25, 0.3) is 0 Å². The average Bonchev–Trinajstić information content (AvgIpc) is 3.71. The molecule has 9 aromatic rings. The lowest BCUT2D eigenvalue weighted by atomic mass is 9.82. The summed E-state index contributed by atoms with van der Waals surface area (Å²) in [6.07, 6.45) is 0. The SMILES string of the molecule is CC1(C)c2ccccc2-c2cc(N(c3ccccc3-c3ccc(-c4ccccc4)cc3)c3ccccc3-c3cccc4oc5ccccc5c34)ccc21. The minimum atomic E-state index is -0.0798. The molecule has 0 N–H and O–H groups in total. The monoisotopic (exact) mass is 679 g/mol. The summed E-state index contributed by atoms with van der Waals surface area (Å²) in [5.41, 5.74) is 17.4. The van der Waals surface area contributed by atoms with E-state index in [2.05, 4.69) is 201 Å². The summed E-state index contributed by atoms with van der Waals surface area (Å²) < 4.78 is 6.39. The number of hydrogen-bond donors (Lipinski definition) is 0. The van der Waals surface area contributed by atoms with Crippen molar-refractivity contribution < 1.29 is 4.42 Å². The summed E-state index contributed by atoms with van der Waals surface area (Å²) in [5.74, 6) is 0. The van der Waals surface area contributed by atoms with Crippen molar-refractivity contribution in [3.05, 3.63) is 199 Å². The molecule has 0 aliphatic heterocycles. The van der Waals surface area contributed by atoms with Crippen LogP contribution in [0.25, 0.3) is 66.4 Å². The van der Waals surface area contributed by atoms with E-state index < -0.39 is 0 Å². The van der Waals surface area contributed by atoms with Gasteiger partial charge in [-0.25, -0.2) is 0 Å². The summed E-state index contributed by atoms with van der Waals surface area (Å²) in [6.45, 7) is 4.68. The van der Waals surface area contributed by atoms with Crippen molar-refractivity contribution in [2.45, 2.75) is 19.3 Å². The lowest BCUT2D eigenvalue weighted by molar-refractivity contribution is 0.660. The first-order valence-electron chi connectivity index (χ1n) is 18.4. The Labute approximate surface area is 310 Å². The van der Waals surface area contributed by atoms with E-state index in [-0.39, 0.29) is 5.41 Å². The van der Waals surface area contributed by atoms with Crippen LogP contribution in [0.4, 0.5) is 17.1 Å². The van der Waals surface area contributed by atoms with E-state index in [9.17, 15) is 0 Å². The highest BCUT2D eigenvalue weighted by Gasteiger charge is 2.36. The number of nitrogens with zero attached hydrogens (tertiary/aromatic N) is 1. The molecule has 0 fully saturated rings. The van der Waals surface area contributed by atoms with Gasteiger partial charge in [0.05, 0.1) is 11.4 Å². The number of anilines is 3. The van der Waals surface area contributed by atoms with Crippen LogP contribution in [-0.4, -0.2) is 0 Å². The lowest BCUT2D eigenvalue weighted by Gasteiger charge is -2.31. The highest BCUT2D eigenvalue weighted by atomic mass is 16.3. The number of furan rings is 1. The first-order chi connectivity index (χ1) is 26.1. The van der Waals surface area contributed by atoms with Crippen LogP contribution in [0.5, 0.6) is 0 Å². The molecule has 1 heterocycles. The predicted molar refractivity (Wildman–Crippen MR) is 222 cm³/mol. The van der Waals surface area contributed by atoms with Crippen LogP contribution in [0.2, 0.25) is 0 Å². The fourth-order valence-electron chi connectivity index (χ4n) is 8.54. The number of fused-ring (bicyclic) bond motifs is 6. The molecular formula is C51H37NO. The molecular weight excluding hydrogens is 643 g/mol. The van der Waals surface area contributed by atoms with Crippen molar-refractivity contribution >= 4 is 39.0 Å². The fraction of sp³-hybridized carbons (Fsp3) is 0.0588. The Hall–Kier alpha value is -6.64. The van der Waals surface area contributed by atoms with E-state index in [0.717, 1.165) is 55.7 Å². The summed E-state index contributed by atoms with van der Waals surface area (Å²) in [5, 5.41) is 2.25. The molecule has 0 saturated heterocycles. The second kappa shape index (κ2) is 12.3. The smallest absolute Gasteiger partial charge is 0.136 e. The Balaban J connectivity index is 1.22. The van der Waals surface area contributed by atoms with Gasteiger partial charge in [-0.1, -0.05) is 166 Å². The van der Waals surface area contributed by atoms with Gasteiger partial charge in [0.1, 0.15) is 11.2 Å². The molecule has 252 valence electrons. The first-order valence-corrected chi connectivity index (χ1v) is 18.4. The highest BCUT2D eigenvalue weighted by Crippen LogP contribution is 2.52. The molecule has 2 heteroatoms. The molecule has 53 heavy (non-hydrogen) atoms. The normalized spacial score (nSPS) is 12.9. The number of benzene rings is 8. The minimum absolute atomic E-state index is 0.0798. The summed E-state index contributed by atoms with van der Waals surface area (Å²) in [7, 11) is 0. The first kappa shape index (κ1) is 31.1. The Bertz CT molecular complexity index is 2810. The summed E-state index contributed by atoms with van der Waals surface area (Å²) in [6, 6.07) is 67.9. The number of rotatable bonds is 6. The molecule has 0 spiro atoms. The third-order valence-electron chi connectivity index (χ3n) is 11.1. The number of hydrogen-bond acceptors (Lipinski definition) is 2. The summed E-state index contributed by atoms with van der Waals surface area (Å²) in [4.78, 5) is 2.46. The van der Waals surface area contributed by atoms with Gasteiger partial charge in [-0.3, -0.25) is 0 Å². The zero-order chi connectivity index (χ0) is 35.5. The van der Waals surface area contributed by atoms with Crippen LogP contribution in [-0.2, 0) is 5.41 Å². The van der Waals surface area contributed by atoms with Crippen molar-refractivity contribution in [1.29, 1.82) is 0 Å². The van der Waals surface area contributed by atoms with Gasteiger partial charge in [0.2, 0.25) is 0 Å². The standard InChI is InChI=1S/C51H37NO/c1-51(2)44-22-10-6-18-39(44)43-33-37(31-32-45(43)51)52(46-23-11-7-17-38(46)36-29-27-35(28-30-36)34-15-4-3-5-16-34)47-24-12-8-19-40(47)41-21-14-26-49-50(41)42-20-9-13-25-48(42)53-49/h3-33H,1-2H3. The molecule has 0 amide bonds. The molecule has 1 aliphatic rings. The second-order valence-corrected chi connectivity index (χ2v) is 14.5. The van der Waals surface area contributed by atoms with Crippen LogP contribution in [0.15, 0.2) is 192 Å². The third kappa shape index (κ3) is 5.02. The molecule has 1 aliphatic carbocycles.